The average molecular weight is 445 g/mol. The number of hydrogen-bond acceptors (Lipinski definition) is 4. The van der Waals surface area contributed by atoms with Gasteiger partial charge in [-0.2, -0.15) is 0 Å². The van der Waals surface area contributed by atoms with Crippen molar-refractivity contribution in [1.82, 2.24) is 10.2 Å². The molecule has 2 aromatic carbocycles. The minimum atomic E-state index is -0.336. The topological polar surface area (TPSA) is 50.8 Å². The SMILES string of the molecule is CCN1C(=S)NC(c2ccc(OCc3ccc(Cl)cc3)c(OC)c2)C(C(C)=O)=C1C. The first kappa shape index (κ1) is 22.1. The Morgan fingerprint density at radius 3 is 2.50 bits per heavy atom. The van der Waals surface area contributed by atoms with Crippen molar-refractivity contribution in [2.45, 2.75) is 33.4 Å². The van der Waals surface area contributed by atoms with Gasteiger partial charge in [-0.25, -0.2) is 0 Å². The first-order valence-corrected chi connectivity index (χ1v) is 10.5. The summed E-state index contributed by atoms with van der Waals surface area (Å²) in [6, 6.07) is 12.8. The van der Waals surface area contributed by atoms with Crippen molar-refractivity contribution >= 4 is 34.7 Å². The predicted molar refractivity (Wildman–Crippen MR) is 123 cm³/mol. The van der Waals surface area contributed by atoms with Gasteiger partial charge in [0.05, 0.1) is 13.2 Å². The molecule has 1 atom stereocenters. The molecule has 0 bridgehead atoms. The summed E-state index contributed by atoms with van der Waals surface area (Å²) >= 11 is 11.4. The van der Waals surface area contributed by atoms with Crippen LogP contribution in [-0.4, -0.2) is 29.5 Å². The lowest BCUT2D eigenvalue weighted by Crippen LogP contribution is -2.47. The number of carbonyl (C=O) groups is 1. The number of methoxy groups -OCH3 is 1. The lowest BCUT2D eigenvalue weighted by molar-refractivity contribution is -0.114. The molecule has 0 fully saturated rings. The maximum Gasteiger partial charge on any atom is 0.173 e. The fourth-order valence-electron chi connectivity index (χ4n) is 3.59. The number of thiocarbonyl (C=S) groups is 1. The molecule has 7 heteroatoms. The lowest BCUT2D eigenvalue weighted by Gasteiger charge is -2.37. The number of nitrogens with zero attached hydrogens (tertiary/aromatic N) is 1. The largest absolute Gasteiger partial charge is 0.493 e. The van der Waals surface area contributed by atoms with E-state index in [0.29, 0.717) is 40.4 Å². The normalized spacial score (nSPS) is 16.4. The molecular formula is C23H25ClN2O3S. The number of nitrogens with one attached hydrogen (secondary N) is 1. The summed E-state index contributed by atoms with van der Waals surface area (Å²) in [5.74, 6) is 1.22. The van der Waals surface area contributed by atoms with Crippen LogP contribution < -0.4 is 14.8 Å². The Morgan fingerprint density at radius 2 is 1.90 bits per heavy atom. The Kier molecular flexibility index (Phi) is 7.00. The van der Waals surface area contributed by atoms with Crippen LogP contribution in [0, 0.1) is 0 Å². The van der Waals surface area contributed by atoms with Crippen molar-refractivity contribution in [1.29, 1.82) is 0 Å². The van der Waals surface area contributed by atoms with E-state index in [1.165, 1.54) is 0 Å². The second-order valence-electron chi connectivity index (χ2n) is 7.01. The minimum Gasteiger partial charge on any atom is -0.493 e. The first-order valence-electron chi connectivity index (χ1n) is 9.70. The van der Waals surface area contributed by atoms with Crippen LogP contribution in [0.5, 0.6) is 11.5 Å². The minimum absolute atomic E-state index is 0.00739. The summed E-state index contributed by atoms with van der Waals surface area (Å²) in [4.78, 5) is 14.4. The van der Waals surface area contributed by atoms with Gasteiger partial charge in [-0.3, -0.25) is 4.79 Å². The molecule has 0 aliphatic carbocycles. The van der Waals surface area contributed by atoms with E-state index in [1.807, 2.05) is 61.2 Å². The number of allylic oxidation sites excluding steroid dienone is 1. The molecule has 1 unspecified atom stereocenters. The molecule has 0 saturated heterocycles. The van der Waals surface area contributed by atoms with Crippen molar-refractivity contribution in [3.8, 4) is 11.5 Å². The highest BCUT2D eigenvalue weighted by atomic mass is 35.5. The zero-order chi connectivity index (χ0) is 21.8. The summed E-state index contributed by atoms with van der Waals surface area (Å²) in [7, 11) is 1.60. The molecule has 0 radical (unpaired) electrons. The third-order valence-electron chi connectivity index (χ3n) is 5.12. The van der Waals surface area contributed by atoms with Crippen LogP contribution in [0.15, 0.2) is 53.7 Å². The number of rotatable bonds is 7. The molecule has 0 aromatic heterocycles. The summed E-state index contributed by atoms with van der Waals surface area (Å²) < 4.78 is 11.5. The van der Waals surface area contributed by atoms with Crippen LogP contribution in [0.25, 0.3) is 0 Å². The number of ketones is 1. The summed E-state index contributed by atoms with van der Waals surface area (Å²) in [6.07, 6.45) is 0. The Balaban J connectivity index is 1.89. The third kappa shape index (κ3) is 4.60. The van der Waals surface area contributed by atoms with E-state index in [9.17, 15) is 4.79 Å². The monoisotopic (exact) mass is 444 g/mol. The molecular weight excluding hydrogens is 420 g/mol. The van der Waals surface area contributed by atoms with Gasteiger partial charge in [0.25, 0.3) is 0 Å². The van der Waals surface area contributed by atoms with E-state index in [0.717, 1.165) is 16.8 Å². The quantitative estimate of drug-likeness (QED) is 0.603. The Labute approximate surface area is 187 Å². The van der Waals surface area contributed by atoms with Gasteiger partial charge in [0, 0.05) is 22.8 Å². The van der Waals surface area contributed by atoms with Gasteiger partial charge >= 0.3 is 0 Å². The second kappa shape index (κ2) is 9.49. The molecule has 1 aliphatic rings. The van der Waals surface area contributed by atoms with Crippen LogP contribution in [0.4, 0.5) is 0 Å². The summed E-state index contributed by atoms with van der Waals surface area (Å²) in [5.41, 5.74) is 3.46. The van der Waals surface area contributed by atoms with Crippen molar-refractivity contribution in [2.24, 2.45) is 0 Å². The van der Waals surface area contributed by atoms with Crippen LogP contribution in [0.1, 0.15) is 37.9 Å². The van der Waals surface area contributed by atoms with Gasteiger partial charge in [0.15, 0.2) is 22.4 Å². The fourth-order valence-corrected chi connectivity index (χ4v) is 4.10. The molecule has 158 valence electrons. The molecule has 5 nitrogen and oxygen atoms in total. The molecule has 3 rings (SSSR count). The molecule has 1 aliphatic heterocycles. The highest BCUT2D eigenvalue weighted by Gasteiger charge is 2.32. The number of hydrogen-bond donors (Lipinski definition) is 1. The second-order valence-corrected chi connectivity index (χ2v) is 7.83. The molecule has 30 heavy (non-hydrogen) atoms. The van der Waals surface area contributed by atoms with Crippen molar-refractivity contribution in [2.75, 3.05) is 13.7 Å². The molecule has 2 aromatic rings. The van der Waals surface area contributed by atoms with Gasteiger partial charge in [-0.05, 0) is 68.4 Å². The van der Waals surface area contributed by atoms with Crippen LogP contribution in [-0.2, 0) is 11.4 Å². The van der Waals surface area contributed by atoms with Gasteiger partial charge < -0.3 is 19.7 Å². The Hall–Kier alpha value is -2.57. The van der Waals surface area contributed by atoms with Gasteiger partial charge in [0.1, 0.15) is 6.61 Å². The molecule has 0 saturated carbocycles. The first-order chi connectivity index (χ1) is 14.3. The molecule has 1 N–H and O–H groups in total. The smallest absolute Gasteiger partial charge is 0.173 e. The van der Waals surface area contributed by atoms with Crippen LogP contribution >= 0.6 is 23.8 Å². The third-order valence-corrected chi connectivity index (χ3v) is 5.71. The summed E-state index contributed by atoms with van der Waals surface area (Å²) in [5, 5.41) is 4.59. The Bertz CT molecular complexity index is 988. The van der Waals surface area contributed by atoms with E-state index in [1.54, 1.807) is 14.0 Å². The molecule has 0 spiro atoms. The fraction of sp³-hybridized carbons (Fsp3) is 0.304. The number of carbonyl (C=O) groups excluding carboxylic acids is 1. The highest BCUT2D eigenvalue weighted by molar-refractivity contribution is 7.80. The van der Waals surface area contributed by atoms with Crippen LogP contribution in [0.2, 0.25) is 5.02 Å². The zero-order valence-electron chi connectivity index (χ0n) is 17.5. The van der Waals surface area contributed by atoms with Gasteiger partial charge in [-0.15, -0.1) is 0 Å². The molecule has 1 heterocycles. The van der Waals surface area contributed by atoms with Crippen molar-refractivity contribution in [3.05, 3.63) is 69.9 Å². The van der Waals surface area contributed by atoms with E-state index in [4.69, 9.17) is 33.3 Å². The van der Waals surface area contributed by atoms with Crippen molar-refractivity contribution < 1.29 is 14.3 Å². The van der Waals surface area contributed by atoms with E-state index < -0.39 is 0 Å². The van der Waals surface area contributed by atoms with Crippen LogP contribution in [0.3, 0.4) is 0 Å². The Morgan fingerprint density at radius 1 is 1.20 bits per heavy atom. The highest BCUT2D eigenvalue weighted by Crippen LogP contribution is 2.36. The van der Waals surface area contributed by atoms with E-state index in [-0.39, 0.29) is 11.8 Å². The molecule has 0 amide bonds. The van der Waals surface area contributed by atoms with E-state index >= 15 is 0 Å². The van der Waals surface area contributed by atoms with Gasteiger partial charge in [-0.1, -0.05) is 29.8 Å². The van der Waals surface area contributed by atoms with E-state index in [2.05, 4.69) is 5.32 Å². The number of Topliss-reactive ketones (excluding diaryl/α,β-unsaturated/α-hetero) is 1. The standard InChI is InChI=1S/C23H25ClN2O3S/c1-5-26-14(2)21(15(3)27)22(25-23(26)30)17-8-11-19(20(12-17)28-4)29-13-16-6-9-18(24)10-7-16/h6-12,22H,5,13H2,1-4H3,(H,25,30). The number of halogens is 1. The summed E-state index contributed by atoms with van der Waals surface area (Å²) in [6.45, 7) is 6.60. The number of ether oxygens (including phenoxy) is 2. The lowest BCUT2D eigenvalue weighted by atomic mass is 9.92. The predicted octanol–water partition coefficient (Wildman–Crippen LogP) is 5.04. The number of benzene rings is 2. The maximum atomic E-state index is 12.4. The zero-order valence-corrected chi connectivity index (χ0v) is 19.1. The van der Waals surface area contributed by atoms with Crippen molar-refractivity contribution in [3.63, 3.8) is 0 Å². The average Bonchev–Trinajstić information content (AvgIpc) is 2.72. The van der Waals surface area contributed by atoms with Gasteiger partial charge in [0.2, 0.25) is 0 Å². The maximum absolute atomic E-state index is 12.4.